The number of hydrogen-bond donors (Lipinski definition) is 2. The molecule has 0 spiro atoms. The second kappa shape index (κ2) is 9.47. The van der Waals surface area contributed by atoms with Crippen molar-refractivity contribution in [2.45, 2.75) is 25.3 Å². The molecule has 11 heteroatoms. The van der Waals surface area contributed by atoms with Crippen molar-refractivity contribution in [2.24, 2.45) is 5.92 Å². The van der Waals surface area contributed by atoms with Crippen LogP contribution >= 0.6 is 0 Å². The van der Waals surface area contributed by atoms with Gasteiger partial charge in [0.05, 0.1) is 18.9 Å². The van der Waals surface area contributed by atoms with Gasteiger partial charge in [0, 0.05) is 53.9 Å². The number of nitrogens with zero attached hydrogens (tertiary/aromatic N) is 4. The van der Waals surface area contributed by atoms with Crippen LogP contribution in [0, 0.1) is 11.7 Å². The molecule has 2 aromatic carbocycles. The highest BCUT2D eigenvalue weighted by Gasteiger charge is 2.49. The molecule has 2 aliphatic rings. The minimum absolute atomic E-state index is 0.0241. The van der Waals surface area contributed by atoms with E-state index in [0.717, 1.165) is 22.9 Å². The third kappa shape index (κ3) is 4.79. The van der Waals surface area contributed by atoms with Crippen LogP contribution in [0.25, 0.3) is 22.5 Å². The summed E-state index contributed by atoms with van der Waals surface area (Å²) in [5.41, 5.74) is 3.92. The number of hydrogen-bond acceptors (Lipinski definition) is 6. The number of nitrogens with one attached hydrogen (secondary N) is 2. The molecule has 0 atom stereocenters. The van der Waals surface area contributed by atoms with Crippen LogP contribution in [0.5, 0.6) is 5.75 Å². The minimum atomic E-state index is -2.75. The Kier molecular flexibility index (Phi) is 5.97. The fourth-order valence-electron chi connectivity index (χ4n) is 4.68. The molecule has 0 radical (unpaired) electrons. The van der Waals surface area contributed by atoms with Gasteiger partial charge in [-0.05, 0) is 23.8 Å². The Labute approximate surface area is 215 Å². The molecule has 38 heavy (non-hydrogen) atoms. The zero-order chi connectivity index (χ0) is 26.3. The number of anilines is 2. The first-order chi connectivity index (χ1) is 18.3. The Balaban J connectivity index is 1.19. The lowest BCUT2D eigenvalue weighted by atomic mass is 9.80. The summed E-state index contributed by atoms with van der Waals surface area (Å²) in [6, 6.07) is 12.7. The summed E-state index contributed by atoms with van der Waals surface area (Å²) in [6.07, 6.45) is 3.80. The van der Waals surface area contributed by atoms with Gasteiger partial charge in [0.25, 0.3) is 0 Å². The maximum atomic E-state index is 14.6. The van der Waals surface area contributed by atoms with Crippen LogP contribution in [0.15, 0.2) is 61.1 Å². The smallest absolute Gasteiger partial charge is 0.249 e. The van der Waals surface area contributed by atoms with Gasteiger partial charge >= 0.3 is 0 Å². The number of rotatable bonds is 5. The van der Waals surface area contributed by atoms with E-state index in [2.05, 4.69) is 25.5 Å². The van der Waals surface area contributed by atoms with E-state index in [4.69, 9.17) is 4.74 Å². The number of aromatic nitrogens is 4. The molecule has 4 aromatic rings. The topological polar surface area (TPSA) is 96.0 Å². The van der Waals surface area contributed by atoms with Crippen LogP contribution < -0.4 is 10.1 Å². The summed E-state index contributed by atoms with van der Waals surface area (Å²) < 4.78 is 46.9. The third-order valence-corrected chi connectivity index (χ3v) is 6.78. The van der Waals surface area contributed by atoms with Crippen LogP contribution in [-0.2, 0) is 11.3 Å². The summed E-state index contributed by atoms with van der Waals surface area (Å²) in [7, 11) is 0. The fourth-order valence-corrected chi connectivity index (χ4v) is 4.68. The lowest BCUT2D eigenvalue weighted by molar-refractivity contribution is -0.160. The fraction of sp³-hybridized carbons (Fsp3) is 0.259. The highest BCUT2D eigenvalue weighted by Crippen LogP contribution is 2.43. The molecule has 0 bridgehead atoms. The van der Waals surface area contributed by atoms with Crippen molar-refractivity contribution >= 4 is 17.4 Å². The maximum absolute atomic E-state index is 14.6. The molecular weight excluding hydrogens is 497 g/mol. The number of carbonyl (C=O) groups excluding carboxylic acids is 1. The van der Waals surface area contributed by atoms with Crippen LogP contribution in [0.4, 0.5) is 24.7 Å². The Morgan fingerprint density at radius 2 is 1.87 bits per heavy atom. The Morgan fingerprint density at radius 1 is 1.08 bits per heavy atom. The number of alkyl halides is 2. The van der Waals surface area contributed by atoms with E-state index in [1.807, 2.05) is 24.3 Å². The zero-order valence-corrected chi connectivity index (χ0v) is 20.1. The normalized spacial score (nSPS) is 16.7. The molecule has 1 amide bonds. The van der Waals surface area contributed by atoms with Gasteiger partial charge in [-0.25, -0.2) is 23.1 Å². The highest BCUT2D eigenvalue weighted by atomic mass is 19.3. The molecule has 0 saturated heterocycles. The van der Waals surface area contributed by atoms with Gasteiger partial charge < -0.3 is 15.0 Å². The minimum Gasteiger partial charge on any atom is -0.491 e. The first-order valence-electron chi connectivity index (χ1n) is 12.2. The van der Waals surface area contributed by atoms with E-state index in [1.165, 1.54) is 0 Å². The third-order valence-electron chi connectivity index (χ3n) is 6.78. The first kappa shape index (κ1) is 24.0. The maximum Gasteiger partial charge on any atom is 0.249 e. The number of carbonyl (C=O) groups is 1. The number of ether oxygens (including phenoxy) is 1. The molecule has 2 aromatic heterocycles. The van der Waals surface area contributed by atoms with Crippen molar-refractivity contribution in [2.75, 3.05) is 18.5 Å². The van der Waals surface area contributed by atoms with E-state index < -0.39 is 30.5 Å². The van der Waals surface area contributed by atoms with Crippen LogP contribution in [-0.4, -0.2) is 50.0 Å². The number of aromatic amines is 1. The number of halogens is 3. The van der Waals surface area contributed by atoms with Crippen LogP contribution in [0.2, 0.25) is 0 Å². The second-order valence-electron chi connectivity index (χ2n) is 9.47. The molecule has 1 aliphatic heterocycles. The molecule has 1 saturated carbocycles. The van der Waals surface area contributed by atoms with E-state index in [-0.39, 0.29) is 24.9 Å². The molecule has 8 nitrogen and oxygen atoms in total. The second-order valence-corrected chi connectivity index (χ2v) is 9.47. The summed E-state index contributed by atoms with van der Waals surface area (Å²) in [4.78, 5) is 22.8. The lowest BCUT2D eigenvalue weighted by Gasteiger charge is -2.36. The molecule has 1 fully saturated rings. The number of H-pyrrole nitrogens is 1. The average molecular weight is 521 g/mol. The van der Waals surface area contributed by atoms with Crippen LogP contribution in [0.1, 0.15) is 18.4 Å². The monoisotopic (exact) mass is 520 g/mol. The van der Waals surface area contributed by atoms with E-state index >= 15 is 0 Å². The highest BCUT2D eigenvalue weighted by molar-refractivity contribution is 5.80. The van der Waals surface area contributed by atoms with Crippen molar-refractivity contribution in [3.63, 3.8) is 0 Å². The van der Waals surface area contributed by atoms with Gasteiger partial charge in [0.2, 0.25) is 11.8 Å². The molecule has 1 aliphatic carbocycles. The molecular formula is C27H23F3N6O2. The van der Waals surface area contributed by atoms with Gasteiger partial charge in [0.15, 0.2) is 17.5 Å². The Morgan fingerprint density at radius 3 is 2.61 bits per heavy atom. The molecule has 3 heterocycles. The Hall–Kier alpha value is -4.41. The zero-order valence-electron chi connectivity index (χ0n) is 20.1. The number of amides is 1. The predicted molar refractivity (Wildman–Crippen MR) is 133 cm³/mol. The largest absolute Gasteiger partial charge is 0.491 e. The number of fused-ring (bicyclic) bond motifs is 1. The van der Waals surface area contributed by atoms with E-state index in [9.17, 15) is 18.0 Å². The SMILES string of the molecule is O=C(C1CC(F)(F)C1)N1CCOc2cc(-c3ncc(F)c(Nc4ccc(-c5cn[nH]c5)cc4)n3)ccc2C1. The number of benzene rings is 2. The Bertz CT molecular complexity index is 1470. The summed E-state index contributed by atoms with van der Waals surface area (Å²) >= 11 is 0. The van der Waals surface area contributed by atoms with Gasteiger partial charge in [-0.3, -0.25) is 9.89 Å². The van der Waals surface area contributed by atoms with Gasteiger partial charge in [-0.15, -0.1) is 0 Å². The molecule has 194 valence electrons. The summed E-state index contributed by atoms with van der Waals surface area (Å²) in [5, 5.41) is 9.71. The standard InChI is InChI=1S/C27H23F3N6O2/c28-22-14-31-24(35-25(22)34-21-5-3-16(4-6-21)20-12-32-33-13-20)17-1-2-18-15-36(7-8-38-23(18)9-17)26(37)19-10-27(29,30)11-19/h1-6,9,12-14,19H,7-8,10-11,15H2,(H,32,33)(H,31,34,35). The quantitative estimate of drug-likeness (QED) is 0.376. The van der Waals surface area contributed by atoms with Crippen molar-refractivity contribution in [1.29, 1.82) is 0 Å². The molecule has 0 unspecified atom stereocenters. The van der Waals surface area contributed by atoms with E-state index in [0.29, 0.717) is 29.4 Å². The van der Waals surface area contributed by atoms with Crippen molar-refractivity contribution < 1.29 is 22.7 Å². The predicted octanol–water partition coefficient (Wildman–Crippen LogP) is 5.18. The van der Waals surface area contributed by atoms with Crippen molar-refractivity contribution in [1.82, 2.24) is 25.1 Å². The van der Waals surface area contributed by atoms with Gasteiger partial charge in [-0.2, -0.15) is 5.10 Å². The van der Waals surface area contributed by atoms with Crippen molar-refractivity contribution in [3.05, 3.63) is 72.4 Å². The summed E-state index contributed by atoms with van der Waals surface area (Å²) in [5.74, 6) is -3.40. The summed E-state index contributed by atoms with van der Waals surface area (Å²) in [6.45, 7) is 0.811. The van der Waals surface area contributed by atoms with Gasteiger partial charge in [0.1, 0.15) is 12.4 Å². The molecule has 6 rings (SSSR count). The lowest BCUT2D eigenvalue weighted by Crippen LogP contribution is -2.47. The van der Waals surface area contributed by atoms with Gasteiger partial charge in [-0.1, -0.05) is 24.3 Å². The first-order valence-corrected chi connectivity index (χ1v) is 12.2. The van der Waals surface area contributed by atoms with Crippen LogP contribution in [0.3, 0.4) is 0 Å². The van der Waals surface area contributed by atoms with E-state index in [1.54, 1.807) is 35.5 Å². The molecule has 2 N–H and O–H groups in total. The average Bonchev–Trinajstić information content (AvgIpc) is 3.35. The van der Waals surface area contributed by atoms with Crippen molar-refractivity contribution in [3.8, 4) is 28.3 Å².